The van der Waals surface area contributed by atoms with Crippen molar-refractivity contribution in [1.82, 2.24) is 0 Å². The zero-order valence-electron chi connectivity index (χ0n) is 18.6. The third-order valence-electron chi connectivity index (χ3n) is 7.58. The minimum absolute atomic E-state index is 0.0308. The summed E-state index contributed by atoms with van der Waals surface area (Å²) < 4.78 is 5.03. The quantitative estimate of drug-likeness (QED) is 0.507. The Bertz CT molecular complexity index is 957. The normalized spacial score (nSPS) is 28.9. The molecule has 1 aromatic heterocycles. The standard InChI is InChI=1S/C24H31NO5S/c1-5-12-6-7-13-16(10-12)31-22(20(13)24(29)30-4)25-21(26)18-14-8-9-15(17(14)11(2)3)19(18)23(27)28/h12,14-15,18-19H,5-10H2,1-4H3,(H,25,26)(H,27,28)/t12-,14+,15-,18-,19-/m0/s1. The summed E-state index contributed by atoms with van der Waals surface area (Å²) in [6.07, 6.45) is 5.49. The average Bonchev–Trinajstić information content (AvgIpc) is 3.41. The van der Waals surface area contributed by atoms with Gasteiger partial charge in [0.05, 0.1) is 24.5 Å². The number of anilines is 1. The van der Waals surface area contributed by atoms with Gasteiger partial charge in [-0.05, 0) is 69.3 Å². The molecular formula is C24H31NO5S. The number of nitrogens with one attached hydrogen (secondary N) is 1. The summed E-state index contributed by atoms with van der Waals surface area (Å²) in [5.74, 6) is -2.44. The molecule has 6 nitrogen and oxygen atoms in total. The van der Waals surface area contributed by atoms with Gasteiger partial charge in [-0.2, -0.15) is 0 Å². The van der Waals surface area contributed by atoms with Gasteiger partial charge in [0.1, 0.15) is 5.00 Å². The fourth-order valence-corrected chi connectivity index (χ4v) is 7.56. The van der Waals surface area contributed by atoms with E-state index in [1.807, 2.05) is 13.8 Å². The first-order valence-corrected chi connectivity index (χ1v) is 12.0. The van der Waals surface area contributed by atoms with E-state index in [9.17, 15) is 19.5 Å². The van der Waals surface area contributed by atoms with Crippen molar-refractivity contribution in [3.05, 3.63) is 27.2 Å². The molecule has 0 unspecified atom stereocenters. The molecule has 4 rings (SSSR count). The molecule has 0 aliphatic heterocycles. The van der Waals surface area contributed by atoms with E-state index < -0.39 is 23.8 Å². The van der Waals surface area contributed by atoms with Crippen LogP contribution in [0.1, 0.15) is 67.3 Å². The molecule has 3 aliphatic rings. The molecular weight excluding hydrogens is 414 g/mol. The first-order chi connectivity index (χ1) is 14.8. The Kier molecular flexibility index (Phi) is 5.99. The van der Waals surface area contributed by atoms with E-state index in [-0.39, 0.29) is 17.7 Å². The largest absolute Gasteiger partial charge is 0.481 e. The van der Waals surface area contributed by atoms with Crippen LogP contribution in [-0.2, 0) is 27.2 Å². The Morgan fingerprint density at radius 2 is 1.81 bits per heavy atom. The molecule has 31 heavy (non-hydrogen) atoms. The van der Waals surface area contributed by atoms with Crippen molar-refractivity contribution in [3.8, 4) is 0 Å². The third-order valence-corrected chi connectivity index (χ3v) is 8.75. The van der Waals surface area contributed by atoms with E-state index in [1.165, 1.54) is 18.4 Å². The lowest BCUT2D eigenvalue weighted by Gasteiger charge is -2.26. The van der Waals surface area contributed by atoms with E-state index in [0.29, 0.717) is 16.5 Å². The Morgan fingerprint density at radius 3 is 2.39 bits per heavy atom. The van der Waals surface area contributed by atoms with Gasteiger partial charge < -0.3 is 15.2 Å². The molecule has 3 aliphatic carbocycles. The zero-order valence-corrected chi connectivity index (χ0v) is 19.4. The molecule has 7 heteroatoms. The molecule has 1 amide bonds. The van der Waals surface area contributed by atoms with Gasteiger partial charge in [-0.3, -0.25) is 9.59 Å². The molecule has 0 aromatic carbocycles. The van der Waals surface area contributed by atoms with E-state index in [0.717, 1.165) is 60.1 Å². The molecule has 2 saturated carbocycles. The van der Waals surface area contributed by atoms with Crippen molar-refractivity contribution in [1.29, 1.82) is 0 Å². The minimum atomic E-state index is -0.907. The van der Waals surface area contributed by atoms with Crippen molar-refractivity contribution in [2.75, 3.05) is 12.4 Å². The maximum Gasteiger partial charge on any atom is 0.341 e. The molecule has 0 saturated heterocycles. The van der Waals surface area contributed by atoms with Crippen LogP contribution in [-0.4, -0.2) is 30.1 Å². The maximum absolute atomic E-state index is 13.4. The van der Waals surface area contributed by atoms with Gasteiger partial charge in [0, 0.05) is 4.88 Å². The summed E-state index contributed by atoms with van der Waals surface area (Å²) in [7, 11) is 1.35. The van der Waals surface area contributed by atoms with Crippen molar-refractivity contribution in [3.63, 3.8) is 0 Å². The number of thiophene rings is 1. The Hall–Kier alpha value is -2.15. The van der Waals surface area contributed by atoms with Crippen LogP contribution < -0.4 is 5.32 Å². The molecule has 2 bridgehead atoms. The summed E-state index contributed by atoms with van der Waals surface area (Å²) in [6, 6.07) is 0. The SMILES string of the molecule is CC[C@H]1CCc2c(sc(NC(=O)[C@@H]3[C@@H](C(=O)O)[C@H]4CC[C@@H]3C4=C(C)C)c2C(=O)OC)C1. The number of hydrogen-bond donors (Lipinski definition) is 2. The number of methoxy groups -OCH3 is 1. The van der Waals surface area contributed by atoms with E-state index >= 15 is 0 Å². The van der Waals surface area contributed by atoms with Crippen molar-refractivity contribution in [2.45, 2.75) is 59.3 Å². The molecule has 2 N–H and O–H groups in total. The molecule has 168 valence electrons. The summed E-state index contributed by atoms with van der Waals surface area (Å²) in [5.41, 5.74) is 3.73. The topological polar surface area (TPSA) is 92.7 Å². The second-order valence-electron chi connectivity index (χ2n) is 9.34. The van der Waals surface area contributed by atoms with Gasteiger partial charge in [0.25, 0.3) is 0 Å². The highest BCUT2D eigenvalue weighted by atomic mass is 32.1. The van der Waals surface area contributed by atoms with Gasteiger partial charge in [-0.1, -0.05) is 24.5 Å². The van der Waals surface area contributed by atoms with Crippen molar-refractivity contribution in [2.24, 2.45) is 29.6 Å². The molecule has 1 heterocycles. The second-order valence-corrected chi connectivity index (χ2v) is 10.4. The van der Waals surface area contributed by atoms with Crippen LogP contribution in [0.2, 0.25) is 0 Å². The van der Waals surface area contributed by atoms with Crippen LogP contribution in [0.5, 0.6) is 0 Å². The van der Waals surface area contributed by atoms with Crippen LogP contribution in [0.25, 0.3) is 0 Å². The van der Waals surface area contributed by atoms with Gasteiger partial charge in [-0.15, -0.1) is 11.3 Å². The first-order valence-electron chi connectivity index (χ1n) is 11.2. The summed E-state index contributed by atoms with van der Waals surface area (Å²) in [6.45, 7) is 6.19. The Labute approximate surface area is 187 Å². The lowest BCUT2D eigenvalue weighted by Crippen LogP contribution is -2.38. The van der Waals surface area contributed by atoms with E-state index in [4.69, 9.17) is 4.74 Å². The number of fused-ring (bicyclic) bond motifs is 3. The summed E-state index contributed by atoms with van der Waals surface area (Å²) >= 11 is 1.46. The molecule has 5 atom stereocenters. The number of amides is 1. The minimum Gasteiger partial charge on any atom is -0.481 e. The van der Waals surface area contributed by atoms with Crippen LogP contribution >= 0.6 is 11.3 Å². The molecule has 2 fully saturated rings. The van der Waals surface area contributed by atoms with Crippen molar-refractivity contribution >= 4 is 34.2 Å². The fraction of sp³-hybridized carbons (Fsp3) is 0.625. The monoisotopic (exact) mass is 445 g/mol. The fourth-order valence-electron chi connectivity index (χ4n) is 6.21. The van der Waals surface area contributed by atoms with Crippen LogP contribution in [0.4, 0.5) is 5.00 Å². The molecule has 0 spiro atoms. The number of carboxylic acids is 1. The number of aliphatic carboxylic acids is 1. The average molecular weight is 446 g/mol. The highest BCUT2D eigenvalue weighted by molar-refractivity contribution is 7.17. The summed E-state index contributed by atoms with van der Waals surface area (Å²) in [4.78, 5) is 39.3. The van der Waals surface area contributed by atoms with Crippen molar-refractivity contribution < 1.29 is 24.2 Å². The number of rotatable bonds is 5. The Balaban J connectivity index is 1.67. The van der Waals surface area contributed by atoms with Gasteiger partial charge >= 0.3 is 11.9 Å². The number of allylic oxidation sites excluding steroid dienone is 2. The Morgan fingerprint density at radius 1 is 1.13 bits per heavy atom. The van der Waals surface area contributed by atoms with Crippen LogP contribution in [0, 0.1) is 29.6 Å². The molecule has 0 radical (unpaired) electrons. The highest BCUT2D eigenvalue weighted by Gasteiger charge is 2.57. The molecule has 1 aromatic rings. The van der Waals surface area contributed by atoms with Crippen LogP contribution in [0.15, 0.2) is 11.1 Å². The number of esters is 1. The zero-order chi connectivity index (χ0) is 22.4. The smallest absolute Gasteiger partial charge is 0.341 e. The summed E-state index contributed by atoms with van der Waals surface area (Å²) in [5, 5.41) is 13.4. The number of hydrogen-bond acceptors (Lipinski definition) is 5. The number of carboxylic acid groups (broad SMARTS) is 1. The highest BCUT2D eigenvalue weighted by Crippen LogP contribution is 2.57. The van der Waals surface area contributed by atoms with Gasteiger partial charge in [0.15, 0.2) is 0 Å². The van der Waals surface area contributed by atoms with Crippen LogP contribution in [0.3, 0.4) is 0 Å². The van der Waals surface area contributed by atoms with E-state index in [1.54, 1.807) is 0 Å². The third kappa shape index (κ3) is 3.60. The number of carbonyl (C=O) groups is 3. The number of carbonyl (C=O) groups excluding carboxylic acids is 2. The lowest BCUT2D eigenvalue weighted by molar-refractivity contribution is -0.148. The first kappa shape index (κ1) is 22.1. The van der Waals surface area contributed by atoms with Gasteiger partial charge in [-0.25, -0.2) is 4.79 Å². The second kappa shape index (κ2) is 8.41. The predicted molar refractivity (Wildman–Crippen MR) is 119 cm³/mol. The predicted octanol–water partition coefficient (Wildman–Crippen LogP) is 4.68. The lowest BCUT2D eigenvalue weighted by atomic mass is 9.78. The van der Waals surface area contributed by atoms with Gasteiger partial charge in [0.2, 0.25) is 5.91 Å². The van der Waals surface area contributed by atoms with E-state index in [2.05, 4.69) is 12.2 Å². The maximum atomic E-state index is 13.4. The number of ether oxygens (including phenoxy) is 1.